The van der Waals surface area contributed by atoms with Crippen molar-refractivity contribution in [3.8, 4) is 0 Å². The summed E-state index contributed by atoms with van der Waals surface area (Å²) in [5.41, 5.74) is -1.22. The third kappa shape index (κ3) is 3.05. The normalized spacial score (nSPS) is 10.3. The number of carboxylic acid groups (broad SMARTS) is 1. The highest BCUT2D eigenvalue weighted by molar-refractivity contribution is 6.35. The molecule has 0 spiro atoms. The van der Waals surface area contributed by atoms with Crippen molar-refractivity contribution in [1.82, 2.24) is 4.98 Å². The van der Waals surface area contributed by atoms with E-state index in [-0.39, 0.29) is 21.4 Å². The van der Waals surface area contributed by atoms with Crippen molar-refractivity contribution in [1.29, 1.82) is 0 Å². The predicted molar refractivity (Wildman–Crippen MR) is 77.7 cm³/mol. The Morgan fingerprint density at radius 1 is 1.09 bits per heavy atom. The minimum absolute atomic E-state index is 0.0533. The molecule has 0 aliphatic carbocycles. The van der Waals surface area contributed by atoms with Crippen molar-refractivity contribution in [2.45, 2.75) is 0 Å². The highest BCUT2D eigenvalue weighted by atomic mass is 35.5. The van der Waals surface area contributed by atoms with Gasteiger partial charge in [0, 0.05) is 17.7 Å². The first-order valence-corrected chi connectivity index (χ1v) is 6.45. The van der Waals surface area contributed by atoms with Gasteiger partial charge in [-0.2, -0.15) is 0 Å². The number of nitrogens with zero attached hydrogens (tertiary/aromatic N) is 2. The Kier molecular flexibility index (Phi) is 4.39. The zero-order chi connectivity index (χ0) is 16.4. The lowest BCUT2D eigenvalue weighted by Gasteiger charge is -2.06. The van der Waals surface area contributed by atoms with Crippen molar-refractivity contribution in [2.75, 3.05) is 0 Å². The largest absolute Gasteiger partial charge is 0.478 e. The van der Waals surface area contributed by atoms with E-state index in [0.29, 0.717) is 0 Å². The topological polar surface area (TPSA) is 110 Å². The van der Waals surface area contributed by atoms with E-state index in [2.05, 4.69) is 4.98 Å². The zero-order valence-electron chi connectivity index (χ0n) is 10.6. The molecule has 1 heterocycles. The number of carbonyl (C=O) groups excluding carboxylic acids is 1. The van der Waals surface area contributed by atoms with Gasteiger partial charge in [-0.3, -0.25) is 14.9 Å². The van der Waals surface area contributed by atoms with Crippen LogP contribution >= 0.6 is 23.2 Å². The van der Waals surface area contributed by atoms with Crippen molar-refractivity contribution in [3.63, 3.8) is 0 Å². The van der Waals surface area contributed by atoms with Gasteiger partial charge in [0.1, 0.15) is 10.3 Å². The predicted octanol–water partition coefficient (Wildman–Crippen LogP) is 3.23. The molecule has 112 valence electrons. The highest BCUT2D eigenvalue weighted by Gasteiger charge is 2.23. The van der Waals surface area contributed by atoms with Gasteiger partial charge in [0.2, 0.25) is 0 Å². The summed E-state index contributed by atoms with van der Waals surface area (Å²) in [5.74, 6) is -2.19. The number of nitro benzene ring substituents is 1. The number of hydrogen-bond acceptors (Lipinski definition) is 5. The van der Waals surface area contributed by atoms with E-state index < -0.39 is 27.9 Å². The quantitative estimate of drug-likeness (QED) is 0.396. The van der Waals surface area contributed by atoms with Crippen LogP contribution < -0.4 is 0 Å². The Morgan fingerprint density at radius 3 is 2.27 bits per heavy atom. The SMILES string of the molecule is O=C(O)c1cc([N+](=O)[O-])ccc1C(=O)c1ccc(Cl)nc1Cl. The van der Waals surface area contributed by atoms with E-state index >= 15 is 0 Å². The summed E-state index contributed by atoms with van der Waals surface area (Å²) in [5, 5.41) is 19.7. The van der Waals surface area contributed by atoms with Crippen molar-refractivity contribution in [3.05, 3.63) is 67.4 Å². The number of aromatic carboxylic acids is 1. The van der Waals surface area contributed by atoms with Crippen LogP contribution in [0.2, 0.25) is 10.3 Å². The number of non-ortho nitro benzene ring substituents is 1. The number of pyridine rings is 1. The molecule has 2 rings (SSSR count). The van der Waals surface area contributed by atoms with Gasteiger partial charge >= 0.3 is 5.97 Å². The van der Waals surface area contributed by atoms with Crippen LogP contribution in [-0.4, -0.2) is 26.8 Å². The maximum absolute atomic E-state index is 12.4. The number of ketones is 1. The molecular formula is C13H6Cl2N2O5. The van der Waals surface area contributed by atoms with Crippen LogP contribution in [-0.2, 0) is 0 Å². The van der Waals surface area contributed by atoms with Crippen LogP contribution in [0.1, 0.15) is 26.3 Å². The van der Waals surface area contributed by atoms with E-state index in [4.69, 9.17) is 28.3 Å². The molecule has 9 heteroatoms. The average Bonchev–Trinajstić information content (AvgIpc) is 2.45. The van der Waals surface area contributed by atoms with E-state index in [1.807, 2.05) is 0 Å². The molecule has 0 aliphatic rings. The van der Waals surface area contributed by atoms with E-state index in [1.165, 1.54) is 12.1 Å². The molecule has 0 amide bonds. The summed E-state index contributed by atoms with van der Waals surface area (Å²) in [6.45, 7) is 0. The number of nitro groups is 1. The molecule has 0 unspecified atom stereocenters. The minimum Gasteiger partial charge on any atom is -0.478 e. The minimum atomic E-state index is -1.47. The number of hydrogen-bond donors (Lipinski definition) is 1. The first kappa shape index (κ1) is 15.9. The molecular weight excluding hydrogens is 335 g/mol. The Labute approximate surface area is 133 Å². The second-order valence-corrected chi connectivity index (χ2v) is 4.84. The van der Waals surface area contributed by atoms with E-state index in [0.717, 1.165) is 18.2 Å². The lowest BCUT2D eigenvalue weighted by atomic mass is 9.98. The molecule has 22 heavy (non-hydrogen) atoms. The van der Waals surface area contributed by atoms with Crippen LogP contribution in [0.15, 0.2) is 30.3 Å². The standard InChI is InChI=1S/C13H6Cl2N2O5/c14-10-4-3-8(12(15)16-10)11(18)7-2-1-6(17(21)22)5-9(7)13(19)20/h1-5H,(H,19,20). The number of aromatic nitrogens is 1. The molecule has 0 aliphatic heterocycles. The fourth-order valence-electron chi connectivity index (χ4n) is 1.75. The van der Waals surface area contributed by atoms with Crippen molar-refractivity contribution < 1.29 is 19.6 Å². The fraction of sp³-hybridized carbons (Fsp3) is 0. The van der Waals surface area contributed by atoms with Crippen LogP contribution in [0, 0.1) is 10.1 Å². The fourth-order valence-corrected chi connectivity index (χ4v) is 2.18. The molecule has 2 aromatic rings. The summed E-state index contributed by atoms with van der Waals surface area (Å²) < 4.78 is 0. The zero-order valence-corrected chi connectivity index (χ0v) is 12.1. The van der Waals surface area contributed by atoms with Crippen molar-refractivity contribution >= 4 is 40.6 Å². The Bertz CT molecular complexity index is 807. The summed E-state index contributed by atoms with van der Waals surface area (Å²) >= 11 is 11.4. The van der Waals surface area contributed by atoms with Crippen LogP contribution in [0.5, 0.6) is 0 Å². The molecule has 0 atom stereocenters. The summed E-state index contributed by atoms with van der Waals surface area (Å²) in [7, 11) is 0. The molecule has 0 saturated heterocycles. The first-order valence-electron chi connectivity index (χ1n) is 5.69. The summed E-state index contributed by atoms with van der Waals surface area (Å²) in [6.07, 6.45) is 0. The number of rotatable bonds is 4. The van der Waals surface area contributed by atoms with Crippen molar-refractivity contribution in [2.24, 2.45) is 0 Å². The molecule has 7 nitrogen and oxygen atoms in total. The maximum Gasteiger partial charge on any atom is 0.336 e. The van der Waals surface area contributed by atoms with Gasteiger partial charge < -0.3 is 5.11 Å². The average molecular weight is 341 g/mol. The number of carboxylic acids is 1. The summed E-state index contributed by atoms with van der Waals surface area (Å²) in [4.78, 5) is 37.3. The second kappa shape index (κ2) is 6.08. The maximum atomic E-state index is 12.4. The molecule has 0 saturated carbocycles. The van der Waals surface area contributed by atoms with Gasteiger partial charge in [-0.25, -0.2) is 9.78 Å². The summed E-state index contributed by atoms with van der Waals surface area (Å²) in [6, 6.07) is 5.54. The molecule has 0 fully saturated rings. The molecule has 1 aromatic carbocycles. The van der Waals surface area contributed by atoms with Gasteiger partial charge in [0.25, 0.3) is 5.69 Å². The third-order valence-electron chi connectivity index (χ3n) is 2.75. The van der Waals surface area contributed by atoms with Crippen LogP contribution in [0.25, 0.3) is 0 Å². The van der Waals surface area contributed by atoms with E-state index in [1.54, 1.807) is 0 Å². The van der Waals surface area contributed by atoms with Gasteiger partial charge in [0.05, 0.1) is 16.1 Å². The van der Waals surface area contributed by atoms with Crippen LogP contribution in [0.4, 0.5) is 5.69 Å². The Morgan fingerprint density at radius 2 is 1.73 bits per heavy atom. The monoisotopic (exact) mass is 340 g/mol. The first-order chi connectivity index (χ1) is 10.3. The number of benzene rings is 1. The molecule has 1 N–H and O–H groups in total. The van der Waals surface area contributed by atoms with Crippen LogP contribution in [0.3, 0.4) is 0 Å². The molecule has 0 radical (unpaired) electrons. The second-order valence-electron chi connectivity index (χ2n) is 4.09. The lowest BCUT2D eigenvalue weighted by Crippen LogP contribution is -2.11. The Hall–Kier alpha value is -2.51. The highest BCUT2D eigenvalue weighted by Crippen LogP contribution is 2.24. The Balaban J connectivity index is 2.58. The smallest absolute Gasteiger partial charge is 0.336 e. The number of carbonyl (C=O) groups is 2. The van der Waals surface area contributed by atoms with Gasteiger partial charge in [-0.05, 0) is 18.2 Å². The third-order valence-corrected chi connectivity index (χ3v) is 3.25. The van der Waals surface area contributed by atoms with E-state index in [9.17, 15) is 19.7 Å². The molecule has 1 aromatic heterocycles. The number of halogens is 2. The van der Waals surface area contributed by atoms with Gasteiger partial charge in [-0.1, -0.05) is 23.2 Å². The molecule has 0 bridgehead atoms. The lowest BCUT2D eigenvalue weighted by molar-refractivity contribution is -0.384. The van der Waals surface area contributed by atoms with Gasteiger partial charge in [-0.15, -0.1) is 0 Å². The van der Waals surface area contributed by atoms with Gasteiger partial charge in [0.15, 0.2) is 5.78 Å².